The SMILES string of the molecule is C=COC(C)=O.COC(=O)/C=C\C(=O)OC. The van der Waals surface area contributed by atoms with Crippen molar-refractivity contribution in [3.8, 4) is 0 Å². The number of hydrogen-bond donors (Lipinski definition) is 0. The lowest BCUT2D eigenvalue weighted by atomic mass is 10.5. The quantitative estimate of drug-likeness (QED) is 0.305. The maximum absolute atomic E-state index is 10.3. The van der Waals surface area contributed by atoms with E-state index in [9.17, 15) is 14.4 Å². The van der Waals surface area contributed by atoms with E-state index < -0.39 is 11.9 Å². The normalized spacial score (nSPS) is 8.44. The minimum absolute atomic E-state index is 0.329. The van der Waals surface area contributed by atoms with Crippen molar-refractivity contribution in [1.82, 2.24) is 0 Å². The number of methoxy groups -OCH3 is 2. The van der Waals surface area contributed by atoms with E-state index >= 15 is 0 Å². The zero-order valence-corrected chi connectivity index (χ0v) is 9.39. The van der Waals surface area contributed by atoms with Crippen molar-refractivity contribution in [3.63, 3.8) is 0 Å². The molecule has 0 spiro atoms. The Kier molecular flexibility index (Phi) is 11.2. The summed E-state index contributed by atoms with van der Waals surface area (Å²) in [6.07, 6.45) is 3.08. The van der Waals surface area contributed by atoms with E-state index in [2.05, 4.69) is 20.8 Å². The molecule has 0 N–H and O–H groups in total. The van der Waals surface area contributed by atoms with Gasteiger partial charge >= 0.3 is 17.9 Å². The van der Waals surface area contributed by atoms with Crippen LogP contribution in [-0.4, -0.2) is 32.1 Å². The van der Waals surface area contributed by atoms with Crippen LogP contribution >= 0.6 is 0 Å². The molecule has 0 fully saturated rings. The van der Waals surface area contributed by atoms with Gasteiger partial charge in [-0.05, 0) is 0 Å². The van der Waals surface area contributed by atoms with Crippen molar-refractivity contribution >= 4 is 17.9 Å². The molecule has 0 atom stereocenters. The average molecular weight is 230 g/mol. The molecule has 0 aliphatic heterocycles. The Labute approximate surface area is 93.5 Å². The van der Waals surface area contributed by atoms with Gasteiger partial charge in [-0.15, -0.1) is 0 Å². The number of esters is 3. The number of hydrogen-bond acceptors (Lipinski definition) is 6. The van der Waals surface area contributed by atoms with Gasteiger partial charge < -0.3 is 14.2 Å². The molecular weight excluding hydrogens is 216 g/mol. The zero-order valence-electron chi connectivity index (χ0n) is 9.39. The highest BCUT2D eigenvalue weighted by Gasteiger charge is 1.94. The van der Waals surface area contributed by atoms with Gasteiger partial charge in [0.15, 0.2) is 0 Å². The van der Waals surface area contributed by atoms with Crippen molar-refractivity contribution in [3.05, 3.63) is 25.0 Å². The van der Waals surface area contributed by atoms with Gasteiger partial charge in [0, 0.05) is 19.1 Å². The summed E-state index contributed by atoms with van der Waals surface area (Å²) in [7, 11) is 2.45. The smallest absolute Gasteiger partial charge is 0.330 e. The largest absolute Gasteiger partial charge is 0.466 e. The van der Waals surface area contributed by atoms with E-state index in [4.69, 9.17) is 0 Å². The van der Waals surface area contributed by atoms with Gasteiger partial charge in [0.25, 0.3) is 0 Å². The van der Waals surface area contributed by atoms with E-state index in [0.29, 0.717) is 0 Å². The Morgan fingerprint density at radius 1 is 1.00 bits per heavy atom. The predicted octanol–water partition coefficient (Wildman–Crippen LogP) is 0.582. The van der Waals surface area contributed by atoms with Gasteiger partial charge in [-0.25, -0.2) is 9.59 Å². The molecular formula is C10H14O6. The lowest BCUT2D eigenvalue weighted by Gasteiger charge is -1.89. The van der Waals surface area contributed by atoms with Gasteiger partial charge in [0.2, 0.25) is 0 Å². The molecule has 90 valence electrons. The van der Waals surface area contributed by atoms with E-state index in [1.807, 2.05) is 0 Å². The van der Waals surface area contributed by atoms with Crippen molar-refractivity contribution in [2.45, 2.75) is 6.92 Å². The Balaban J connectivity index is 0. The molecule has 0 aromatic carbocycles. The topological polar surface area (TPSA) is 78.9 Å². The third-order valence-corrected chi connectivity index (χ3v) is 1.01. The van der Waals surface area contributed by atoms with Crippen LogP contribution in [-0.2, 0) is 28.6 Å². The molecule has 0 aliphatic carbocycles. The molecule has 16 heavy (non-hydrogen) atoms. The predicted molar refractivity (Wildman–Crippen MR) is 55.1 cm³/mol. The fourth-order valence-electron chi connectivity index (χ4n) is 0.390. The molecule has 0 aliphatic rings. The molecule has 0 radical (unpaired) electrons. The number of carbonyl (C=O) groups excluding carboxylic acids is 3. The average Bonchev–Trinajstić information content (AvgIpc) is 2.25. The van der Waals surface area contributed by atoms with Gasteiger partial charge in [-0.2, -0.15) is 0 Å². The first-order valence-corrected chi connectivity index (χ1v) is 4.10. The van der Waals surface area contributed by atoms with E-state index in [-0.39, 0.29) is 5.97 Å². The molecule has 6 heteroatoms. The lowest BCUT2D eigenvalue weighted by Crippen LogP contribution is -1.98. The van der Waals surface area contributed by atoms with Crippen LogP contribution in [0.1, 0.15) is 6.92 Å². The van der Waals surface area contributed by atoms with E-state index in [1.54, 1.807) is 0 Å². The van der Waals surface area contributed by atoms with E-state index in [1.165, 1.54) is 21.1 Å². The zero-order chi connectivity index (χ0) is 13.0. The molecule has 0 rings (SSSR count). The Hall–Kier alpha value is -2.11. The van der Waals surface area contributed by atoms with Crippen LogP contribution in [0, 0.1) is 0 Å². The molecule has 6 nitrogen and oxygen atoms in total. The fraction of sp³-hybridized carbons (Fsp3) is 0.300. The van der Waals surface area contributed by atoms with Gasteiger partial charge in [-0.1, -0.05) is 6.58 Å². The monoisotopic (exact) mass is 230 g/mol. The van der Waals surface area contributed by atoms with Crippen molar-refractivity contribution in [2.24, 2.45) is 0 Å². The van der Waals surface area contributed by atoms with Crippen LogP contribution in [0.3, 0.4) is 0 Å². The minimum Gasteiger partial charge on any atom is -0.466 e. The second-order valence-electron chi connectivity index (χ2n) is 2.16. The fourth-order valence-corrected chi connectivity index (χ4v) is 0.390. The van der Waals surface area contributed by atoms with Crippen LogP contribution in [0.4, 0.5) is 0 Å². The molecule has 0 aromatic rings. The van der Waals surface area contributed by atoms with Crippen LogP contribution in [0.2, 0.25) is 0 Å². The van der Waals surface area contributed by atoms with Crippen molar-refractivity contribution in [1.29, 1.82) is 0 Å². The molecule has 0 unspecified atom stereocenters. The summed E-state index contributed by atoms with van der Waals surface area (Å²) in [6.45, 7) is 4.48. The second kappa shape index (κ2) is 11.0. The Bertz CT molecular complexity index is 261. The Morgan fingerprint density at radius 3 is 1.50 bits per heavy atom. The van der Waals surface area contributed by atoms with Crippen LogP contribution in [0.5, 0.6) is 0 Å². The molecule has 0 bridgehead atoms. The summed E-state index contributed by atoms with van der Waals surface area (Å²) in [5.41, 5.74) is 0. The highest BCUT2D eigenvalue weighted by molar-refractivity contribution is 5.91. The molecule has 0 aromatic heterocycles. The third-order valence-electron chi connectivity index (χ3n) is 1.01. The second-order valence-corrected chi connectivity index (χ2v) is 2.16. The maximum atomic E-state index is 10.3. The number of rotatable bonds is 3. The summed E-state index contributed by atoms with van der Waals surface area (Å²) in [5.74, 6) is -1.49. The number of carbonyl (C=O) groups is 3. The van der Waals surface area contributed by atoms with Gasteiger partial charge in [0.05, 0.1) is 20.5 Å². The highest BCUT2D eigenvalue weighted by Crippen LogP contribution is 1.80. The van der Waals surface area contributed by atoms with Crippen LogP contribution < -0.4 is 0 Å². The van der Waals surface area contributed by atoms with Crippen LogP contribution in [0.25, 0.3) is 0 Å². The summed E-state index contributed by atoms with van der Waals surface area (Å²) in [4.78, 5) is 30.4. The molecule has 0 heterocycles. The first-order valence-electron chi connectivity index (χ1n) is 4.10. The minimum atomic E-state index is -0.578. The summed E-state index contributed by atoms with van der Waals surface area (Å²) in [5, 5.41) is 0. The van der Waals surface area contributed by atoms with Crippen LogP contribution in [0.15, 0.2) is 25.0 Å². The molecule has 0 saturated carbocycles. The first-order chi connectivity index (χ1) is 7.47. The van der Waals surface area contributed by atoms with Crippen molar-refractivity contribution < 1.29 is 28.6 Å². The third kappa shape index (κ3) is 14.4. The molecule has 0 amide bonds. The Morgan fingerprint density at radius 2 is 1.38 bits per heavy atom. The molecule has 0 saturated heterocycles. The summed E-state index contributed by atoms with van der Waals surface area (Å²) < 4.78 is 12.6. The maximum Gasteiger partial charge on any atom is 0.330 e. The lowest BCUT2D eigenvalue weighted by molar-refractivity contribution is -0.137. The highest BCUT2D eigenvalue weighted by atomic mass is 16.5. The first kappa shape index (κ1) is 16.3. The summed E-state index contributed by atoms with van der Waals surface area (Å²) in [6, 6.07) is 0. The van der Waals surface area contributed by atoms with E-state index in [0.717, 1.165) is 18.4 Å². The van der Waals surface area contributed by atoms with Gasteiger partial charge in [-0.3, -0.25) is 4.79 Å². The van der Waals surface area contributed by atoms with Crippen molar-refractivity contribution in [2.75, 3.05) is 14.2 Å². The summed E-state index contributed by atoms with van der Waals surface area (Å²) >= 11 is 0. The number of ether oxygens (including phenoxy) is 3. The van der Waals surface area contributed by atoms with Gasteiger partial charge in [0.1, 0.15) is 0 Å². The standard InChI is InChI=1S/C6H8O4.C4H6O2/c1-9-5(7)3-4-6(8)10-2;1-3-6-4(2)5/h3-4H,1-2H3;3H,1H2,2H3/b4-3-;.